The minimum Gasteiger partial charge on any atom is -0.309 e. The molecule has 0 saturated heterocycles. The minimum absolute atomic E-state index is 0.296. The maximum atomic E-state index is 5.53. The van der Waals surface area contributed by atoms with Gasteiger partial charge >= 0.3 is 0 Å². The summed E-state index contributed by atoms with van der Waals surface area (Å²) < 4.78 is 4.60. The van der Waals surface area contributed by atoms with E-state index in [1.54, 1.807) is 0 Å². The summed E-state index contributed by atoms with van der Waals surface area (Å²) >= 11 is 0. The molecule has 55 heavy (non-hydrogen) atoms. The van der Waals surface area contributed by atoms with Gasteiger partial charge in [-0.15, -0.1) is 0 Å². The van der Waals surface area contributed by atoms with Crippen molar-refractivity contribution in [2.24, 2.45) is 0 Å². The molecule has 0 atom stereocenters. The van der Waals surface area contributed by atoms with Crippen molar-refractivity contribution < 1.29 is 0 Å². The molecule has 0 amide bonds. The lowest BCUT2D eigenvalue weighted by atomic mass is 9.80. The molecule has 0 unspecified atom stereocenters. The van der Waals surface area contributed by atoms with Gasteiger partial charge in [0.25, 0.3) is 0 Å². The highest BCUT2D eigenvalue weighted by atomic mass is 15.1. The van der Waals surface area contributed by atoms with Crippen molar-refractivity contribution in [1.29, 1.82) is 0 Å². The van der Waals surface area contributed by atoms with Gasteiger partial charge in [0, 0.05) is 55.4 Å². The molecule has 0 saturated carbocycles. The second-order valence-electron chi connectivity index (χ2n) is 14.9. The largest absolute Gasteiger partial charge is 0.309 e. The molecule has 5 heteroatoms. The van der Waals surface area contributed by atoms with Crippen molar-refractivity contribution in [2.45, 2.75) is 19.3 Å². The van der Waals surface area contributed by atoms with Crippen LogP contribution in [0.3, 0.4) is 0 Å². The summed E-state index contributed by atoms with van der Waals surface area (Å²) in [5.74, 6) is 1.57. The highest BCUT2D eigenvalue weighted by Crippen LogP contribution is 2.52. The number of imidazole rings is 1. The van der Waals surface area contributed by atoms with Crippen LogP contribution in [-0.2, 0) is 5.41 Å². The Morgan fingerprint density at radius 3 is 1.89 bits per heavy atom. The topological polar surface area (TPSA) is 48.5 Å². The number of para-hydroxylation sites is 5. The van der Waals surface area contributed by atoms with E-state index in [2.05, 4.69) is 187 Å². The molecule has 0 N–H and O–H groups in total. The zero-order valence-electron chi connectivity index (χ0n) is 30.5. The first-order valence-electron chi connectivity index (χ1n) is 18.8. The van der Waals surface area contributed by atoms with E-state index < -0.39 is 0 Å². The molecule has 0 spiro atoms. The predicted octanol–water partition coefficient (Wildman–Crippen LogP) is 12.2. The Labute approximate surface area is 318 Å². The second kappa shape index (κ2) is 12.0. The maximum absolute atomic E-state index is 5.53. The lowest BCUT2D eigenvalue weighted by molar-refractivity contribution is 0.658. The van der Waals surface area contributed by atoms with E-state index in [4.69, 9.17) is 15.0 Å². The third kappa shape index (κ3) is 4.76. The van der Waals surface area contributed by atoms with Gasteiger partial charge in [0.1, 0.15) is 5.82 Å². The van der Waals surface area contributed by atoms with Crippen LogP contribution in [0, 0.1) is 0 Å². The van der Waals surface area contributed by atoms with E-state index in [-0.39, 0.29) is 5.41 Å². The van der Waals surface area contributed by atoms with Crippen molar-refractivity contribution in [1.82, 2.24) is 24.1 Å². The molecular weight excluding hydrogens is 671 g/mol. The number of aromatic nitrogens is 5. The molecule has 0 aliphatic heterocycles. The van der Waals surface area contributed by atoms with Gasteiger partial charge in [-0.25, -0.2) is 15.0 Å². The van der Waals surface area contributed by atoms with E-state index in [0.29, 0.717) is 5.82 Å². The zero-order valence-corrected chi connectivity index (χ0v) is 30.5. The third-order valence-corrected chi connectivity index (χ3v) is 11.3. The Kier molecular flexibility index (Phi) is 6.83. The smallest absolute Gasteiger partial charge is 0.160 e. The molecule has 1 aliphatic rings. The number of benzene rings is 7. The Morgan fingerprint density at radius 1 is 0.436 bits per heavy atom. The molecule has 11 rings (SSSR count). The van der Waals surface area contributed by atoms with E-state index >= 15 is 0 Å². The van der Waals surface area contributed by atoms with Gasteiger partial charge in [-0.05, 0) is 66.2 Å². The average molecular weight is 706 g/mol. The molecule has 0 radical (unpaired) electrons. The first kappa shape index (κ1) is 31.4. The highest BCUT2D eigenvalue weighted by molar-refractivity contribution is 6.10. The Morgan fingerprint density at radius 2 is 1.07 bits per heavy atom. The average Bonchev–Trinajstić information content (AvgIpc) is 3.87. The first-order valence-corrected chi connectivity index (χ1v) is 18.8. The quantitative estimate of drug-likeness (QED) is 0.179. The third-order valence-electron chi connectivity index (χ3n) is 11.3. The van der Waals surface area contributed by atoms with Gasteiger partial charge in [-0.1, -0.05) is 129 Å². The number of fused-ring (bicyclic) bond motifs is 7. The van der Waals surface area contributed by atoms with Gasteiger partial charge in [0.05, 0.1) is 33.5 Å². The molecule has 260 valence electrons. The maximum Gasteiger partial charge on any atom is 0.160 e. The highest BCUT2D eigenvalue weighted by Gasteiger charge is 2.40. The van der Waals surface area contributed by atoms with Crippen LogP contribution in [0.15, 0.2) is 176 Å². The van der Waals surface area contributed by atoms with Crippen molar-refractivity contribution in [3.8, 4) is 56.7 Å². The van der Waals surface area contributed by atoms with Crippen LogP contribution in [-0.4, -0.2) is 24.1 Å². The minimum atomic E-state index is -0.296. The molecule has 10 aromatic rings. The lowest BCUT2D eigenvalue weighted by Crippen LogP contribution is -2.17. The van der Waals surface area contributed by atoms with E-state index in [1.807, 2.05) is 12.1 Å². The number of hydrogen-bond acceptors (Lipinski definition) is 3. The summed E-state index contributed by atoms with van der Waals surface area (Å²) in [6.07, 6.45) is 0. The van der Waals surface area contributed by atoms with E-state index in [0.717, 1.165) is 67.4 Å². The molecule has 3 heterocycles. The summed E-state index contributed by atoms with van der Waals surface area (Å²) in [6.45, 7) is 4.61. The van der Waals surface area contributed by atoms with Crippen LogP contribution < -0.4 is 0 Å². The summed E-state index contributed by atoms with van der Waals surface area (Å²) in [5, 5.41) is 2.41. The van der Waals surface area contributed by atoms with E-state index in [9.17, 15) is 0 Å². The number of hydrogen-bond donors (Lipinski definition) is 0. The van der Waals surface area contributed by atoms with Gasteiger partial charge in [-0.3, -0.25) is 4.57 Å². The van der Waals surface area contributed by atoms with Gasteiger partial charge in [0.2, 0.25) is 0 Å². The Bertz CT molecular complexity index is 3120. The Hall–Kier alpha value is -7.11. The van der Waals surface area contributed by atoms with Gasteiger partial charge in [-0.2, -0.15) is 0 Å². The first-order chi connectivity index (χ1) is 27.0. The number of rotatable bonds is 5. The molecule has 0 fully saturated rings. The number of nitrogens with zero attached hydrogens (tertiary/aromatic N) is 5. The van der Waals surface area contributed by atoms with Crippen LogP contribution in [0.25, 0.3) is 89.5 Å². The lowest BCUT2D eigenvalue weighted by Gasteiger charge is -2.24. The van der Waals surface area contributed by atoms with Crippen molar-refractivity contribution >= 4 is 32.8 Å². The van der Waals surface area contributed by atoms with Crippen LogP contribution >= 0.6 is 0 Å². The summed E-state index contributed by atoms with van der Waals surface area (Å²) in [7, 11) is 0. The van der Waals surface area contributed by atoms with Crippen molar-refractivity contribution in [2.75, 3.05) is 0 Å². The van der Waals surface area contributed by atoms with E-state index in [1.165, 1.54) is 27.4 Å². The summed E-state index contributed by atoms with van der Waals surface area (Å²) in [6, 6.07) is 62.1. The van der Waals surface area contributed by atoms with Gasteiger partial charge in [0.15, 0.2) is 5.82 Å². The van der Waals surface area contributed by atoms with Crippen LogP contribution in [0.1, 0.15) is 25.0 Å². The molecule has 5 nitrogen and oxygen atoms in total. The Balaban J connectivity index is 1.14. The fourth-order valence-electron chi connectivity index (χ4n) is 8.79. The molecule has 7 aromatic carbocycles. The fraction of sp³-hybridized carbons (Fsp3) is 0.0600. The molecule has 0 bridgehead atoms. The molecule has 3 aromatic heterocycles. The van der Waals surface area contributed by atoms with Crippen molar-refractivity contribution in [3.63, 3.8) is 0 Å². The molecular formula is C50H35N5. The fourth-order valence-corrected chi connectivity index (χ4v) is 8.79. The van der Waals surface area contributed by atoms with Crippen LogP contribution in [0.4, 0.5) is 0 Å². The normalized spacial score (nSPS) is 13.1. The van der Waals surface area contributed by atoms with Crippen LogP contribution in [0.2, 0.25) is 0 Å². The standard InChI is InChI=1S/C50H35N5/c1-50(2)40-24-11-9-23-38(40)47-45(50)46(32-28-29-43-39(31-32)37-22-10-13-26-42(37)54(43)35-18-5-3-6-19-35)52-48(53-47)33-16-15-17-34(30-33)49-51-41-25-12-14-27-44(41)55(49)36-20-7-4-8-21-36/h3-31H,1-2H3. The van der Waals surface area contributed by atoms with Crippen molar-refractivity contribution in [3.05, 3.63) is 187 Å². The van der Waals surface area contributed by atoms with Crippen LogP contribution in [0.5, 0.6) is 0 Å². The monoisotopic (exact) mass is 705 g/mol. The predicted molar refractivity (Wildman–Crippen MR) is 225 cm³/mol. The SMILES string of the molecule is CC1(C)c2ccccc2-c2nc(-c3cccc(-c4nc5ccccc5n4-c4ccccc4)c3)nc(-c3ccc4c(c3)c3ccccc3n4-c3ccccc3)c21. The summed E-state index contributed by atoms with van der Waals surface area (Å²) in [4.78, 5) is 16.1. The van der Waals surface area contributed by atoms with Gasteiger partial charge < -0.3 is 4.57 Å². The molecule has 1 aliphatic carbocycles. The zero-order chi connectivity index (χ0) is 36.7. The summed E-state index contributed by atoms with van der Waals surface area (Å²) in [5.41, 5.74) is 14.8. The second-order valence-corrected chi connectivity index (χ2v) is 14.9.